The van der Waals surface area contributed by atoms with Crippen LogP contribution in [0.25, 0.3) is 0 Å². The number of ether oxygens (including phenoxy) is 2. The molecule has 0 amide bonds. The largest absolute Gasteiger partial charge is 1.00 e. The third-order valence-corrected chi connectivity index (χ3v) is 1.69. The molecule has 0 aromatic heterocycles. The summed E-state index contributed by atoms with van der Waals surface area (Å²) in [7, 11) is 3.29. The average Bonchev–Trinajstić information content (AvgIpc) is 2.03. The molecular weight excluding hydrogens is 218 g/mol. The zero-order valence-corrected chi connectivity index (χ0v) is 12.2. The smallest absolute Gasteiger partial charge is 0.677 e. The molecule has 0 aliphatic carbocycles. The van der Waals surface area contributed by atoms with Crippen LogP contribution in [0.3, 0.4) is 0 Å². The van der Waals surface area contributed by atoms with Gasteiger partial charge in [-0.2, -0.15) is 0 Å². The molecule has 0 bridgehead atoms. The molecule has 82 valence electrons. The van der Waals surface area contributed by atoms with Crippen molar-refractivity contribution in [3.63, 3.8) is 0 Å². The van der Waals surface area contributed by atoms with Crippen LogP contribution >= 0.6 is 0 Å². The first-order chi connectivity index (χ1) is 5.41. The van der Waals surface area contributed by atoms with Crippen molar-refractivity contribution in [1.82, 2.24) is 0 Å². The first-order valence-corrected chi connectivity index (χ1v) is 4.39. The summed E-state index contributed by atoms with van der Waals surface area (Å²) >= 11 is -0.349. The quantitative estimate of drug-likeness (QED) is 0.312. The zero-order valence-electron chi connectivity index (χ0n) is 9.04. The van der Waals surface area contributed by atoms with E-state index in [0.29, 0.717) is 26.4 Å². The predicted molar refractivity (Wildman–Crippen MR) is 48.6 cm³/mol. The van der Waals surface area contributed by atoms with Gasteiger partial charge in [0.1, 0.15) is 15.9 Å². The van der Waals surface area contributed by atoms with E-state index in [0.717, 1.165) is 0 Å². The zero-order chi connectivity index (χ0) is 8.36. The maximum atomic E-state index is 5.10. The summed E-state index contributed by atoms with van der Waals surface area (Å²) in [4.78, 5) is 0. The summed E-state index contributed by atoms with van der Waals surface area (Å²) in [5.41, 5.74) is 0. The Balaban J connectivity index is -0.000000167. The van der Waals surface area contributed by atoms with Crippen molar-refractivity contribution in [2.24, 2.45) is 0 Å². The fourth-order valence-corrected chi connectivity index (χ4v) is 0.888. The summed E-state index contributed by atoms with van der Waals surface area (Å²) < 4.78 is 19.8. The van der Waals surface area contributed by atoms with Gasteiger partial charge in [-0.3, -0.25) is 0 Å². The molecule has 0 heterocycles. The summed E-state index contributed by atoms with van der Waals surface area (Å²) in [6.45, 7) is 2.47. The molecule has 4 N–H and O–H groups in total. The fraction of sp³-hybridized carbons (Fsp3) is 1.00. The van der Waals surface area contributed by atoms with Gasteiger partial charge < -0.3 is 28.0 Å². The van der Waals surface area contributed by atoms with Crippen molar-refractivity contribution >= 4 is 15.9 Å². The number of hydrogen-bond donors (Lipinski definition) is 0. The van der Waals surface area contributed by atoms with Gasteiger partial charge in [0.15, 0.2) is 0 Å². The molecule has 0 saturated carbocycles. The minimum absolute atomic E-state index is 0. The van der Waals surface area contributed by atoms with Gasteiger partial charge in [0.25, 0.3) is 0 Å². The number of rotatable bonds is 8. The monoisotopic (exact) mass is 236 g/mol. The van der Waals surface area contributed by atoms with Crippen molar-refractivity contribution in [2.45, 2.75) is 0 Å². The minimum Gasteiger partial charge on any atom is -0.677 e. The molecule has 0 aliphatic rings. The van der Waals surface area contributed by atoms with Gasteiger partial charge in [-0.15, -0.1) is 0 Å². The van der Waals surface area contributed by atoms with E-state index in [4.69, 9.17) is 17.1 Å². The maximum Gasteiger partial charge on any atom is 1.00 e. The fourth-order valence-electron chi connectivity index (χ4n) is 0.407. The van der Waals surface area contributed by atoms with Gasteiger partial charge in [0.2, 0.25) is 0 Å². The first kappa shape index (κ1) is 24.5. The van der Waals surface area contributed by atoms with Crippen LogP contribution in [-0.2, 0) is 17.1 Å². The van der Waals surface area contributed by atoms with Gasteiger partial charge >= 0.3 is 29.6 Å². The predicted octanol–water partition coefficient (Wildman–Crippen LogP) is -4.80. The van der Waals surface area contributed by atoms with Gasteiger partial charge in [-0.05, 0) is 0 Å². The molecule has 0 aromatic carbocycles. The molecule has 0 spiro atoms. The van der Waals surface area contributed by atoms with Crippen LogP contribution in [0.1, 0.15) is 0 Å². The number of methoxy groups -OCH3 is 2. The van der Waals surface area contributed by atoms with E-state index in [-0.39, 0.29) is 56.4 Å². The van der Waals surface area contributed by atoms with Crippen LogP contribution in [0.4, 0.5) is 0 Å². The molecule has 2 radical (unpaired) electrons. The molecule has 0 aliphatic heterocycles. The van der Waals surface area contributed by atoms with E-state index >= 15 is 0 Å². The summed E-state index contributed by atoms with van der Waals surface area (Å²) in [6.07, 6.45) is 0. The molecule has 8 heteroatoms. The van der Waals surface area contributed by atoms with Crippen molar-refractivity contribution in [1.29, 1.82) is 0 Å². The molecule has 0 fully saturated rings. The van der Waals surface area contributed by atoms with Crippen LogP contribution in [0, 0.1) is 0 Å². The Labute approximate surface area is 114 Å². The van der Waals surface area contributed by atoms with Crippen LogP contribution in [0.5, 0.6) is 0 Å². The molecule has 0 saturated heterocycles. The summed E-state index contributed by atoms with van der Waals surface area (Å²) in [6, 6.07) is 0. The molecule has 0 rings (SSSR count). The summed E-state index contributed by atoms with van der Waals surface area (Å²) in [5, 5.41) is 0. The third kappa shape index (κ3) is 23.3. The molecule has 0 unspecified atom stereocenters. The molecule has 14 heavy (non-hydrogen) atoms. The van der Waals surface area contributed by atoms with E-state index in [2.05, 4.69) is 0 Å². The van der Waals surface area contributed by atoms with E-state index in [1.54, 1.807) is 14.2 Å². The normalized spacial score (nSPS) is 8.14. The maximum absolute atomic E-state index is 5.10. The molecular formula is C6H18AlNaO6. The Morgan fingerprint density at radius 1 is 0.786 bits per heavy atom. The average molecular weight is 236 g/mol. The Hall–Kier alpha value is 1.29. The Morgan fingerprint density at radius 2 is 1.14 bits per heavy atom. The minimum atomic E-state index is -0.349. The Kier molecular flexibility index (Phi) is 41.7. The SMILES string of the molecule is COCC[O][Al-][O]CCOC.O.O.[Na+]. The van der Waals surface area contributed by atoms with Gasteiger partial charge in [-0.25, -0.2) is 0 Å². The van der Waals surface area contributed by atoms with Gasteiger partial charge in [0, 0.05) is 27.4 Å². The molecule has 0 aromatic rings. The van der Waals surface area contributed by atoms with Crippen molar-refractivity contribution in [2.75, 3.05) is 40.6 Å². The van der Waals surface area contributed by atoms with Crippen molar-refractivity contribution in [3.05, 3.63) is 0 Å². The van der Waals surface area contributed by atoms with E-state index in [9.17, 15) is 0 Å². The second-order valence-electron chi connectivity index (χ2n) is 1.82. The Morgan fingerprint density at radius 3 is 1.43 bits per heavy atom. The van der Waals surface area contributed by atoms with E-state index in [1.165, 1.54) is 0 Å². The van der Waals surface area contributed by atoms with E-state index in [1.807, 2.05) is 0 Å². The standard InChI is InChI=1S/2C3H7O2.Al.Na.2H2O/c2*1-5-3-2-4;;;;/h2*2-3H2,1H3;;;2*1H2/q2*-1;2*+1;;. The van der Waals surface area contributed by atoms with Crippen molar-refractivity contribution in [3.8, 4) is 0 Å². The van der Waals surface area contributed by atoms with Crippen LogP contribution in [0.2, 0.25) is 0 Å². The Bertz CT molecular complexity index is 71.3. The van der Waals surface area contributed by atoms with Crippen molar-refractivity contribution < 1.29 is 57.6 Å². The van der Waals surface area contributed by atoms with Crippen LogP contribution in [-0.4, -0.2) is 67.5 Å². The second kappa shape index (κ2) is 23.8. The van der Waals surface area contributed by atoms with Gasteiger partial charge in [-0.1, -0.05) is 0 Å². The first-order valence-electron chi connectivity index (χ1n) is 3.44. The van der Waals surface area contributed by atoms with E-state index < -0.39 is 0 Å². The number of hydrogen-bond acceptors (Lipinski definition) is 4. The molecule has 0 atom stereocenters. The topological polar surface area (TPSA) is 99.9 Å². The molecule has 6 nitrogen and oxygen atoms in total. The second-order valence-corrected chi connectivity index (χ2v) is 2.68. The van der Waals surface area contributed by atoms with Gasteiger partial charge in [0.05, 0.1) is 13.2 Å². The third-order valence-electron chi connectivity index (χ3n) is 0.947. The summed E-state index contributed by atoms with van der Waals surface area (Å²) in [5.74, 6) is 0. The van der Waals surface area contributed by atoms with Crippen LogP contribution in [0.15, 0.2) is 0 Å². The van der Waals surface area contributed by atoms with Crippen LogP contribution < -0.4 is 29.6 Å².